The topological polar surface area (TPSA) is 64.3 Å². The van der Waals surface area contributed by atoms with Crippen LogP contribution in [-0.2, 0) is 4.79 Å². The highest BCUT2D eigenvalue weighted by Gasteiger charge is 2.33. The second-order valence-electron chi connectivity index (χ2n) is 7.83. The molecule has 1 aromatic heterocycles. The highest BCUT2D eigenvalue weighted by Crippen LogP contribution is 2.43. The lowest BCUT2D eigenvalue weighted by Crippen LogP contribution is -2.24. The molecule has 0 aliphatic carbocycles. The van der Waals surface area contributed by atoms with Crippen LogP contribution in [0.3, 0.4) is 0 Å². The molecule has 3 heterocycles. The number of hydrogen-bond acceptors (Lipinski definition) is 6. The summed E-state index contributed by atoms with van der Waals surface area (Å²) in [5.41, 5.74) is 2.25. The van der Waals surface area contributed by atoms with Crippen LogP contribution in [0, 0.1) is 13.8 Å². The van der Waals surface area contributed by atoms with Crippen molar-refractivity contribution in [3.8, 4) is 11.5 Å². The van der Waals surface area contributed by atoms with Crippen molar-refractivity contribution in [1.29, 1.82) is 0 Å². The average molecular weight is 431 g/mol. The van der Waals surface area contributed by atoms with Gasteiger partial charge in [0.05, 0.1) is 19.4 Å². The third kappa shape index (κ3) is 4.12. The second-order valence-corrected chi connectivity index (χ2v) is 8.26. The Morgan fingerprint density at radius 2 is 1.97 bits per heavy atom. The first-order chi connectivity index (χ1) is 14.5. The number of rotatable bonds is 7. The Kier molecular flexibility index (Phi) is 6.16. The van der Waals surface area contributed by atoms with E-state index in [4.69, 9.17) is 25.5 Å². The van der Waals surface area contributed by atoms with Gasteiger partial charge in [0.15, 0.2) is 11.5 Å². The maximum atomic E-state index is 12.9. The number of fused-ring (bicyclic) bond motifs is 1. The van der Waals surface area contributed by atoms with Crippen LogP contribution in [0.2, 0.25) is 0 Å². The largest absolute Gasteiger partial charge is 0.493 e. The van der Waals surface area contributed by atoms with Crippen molar-refractivity contribution in [2.45, 2.75) is 38.5 Å². The van der Waals surface area contributed by atoms with Gasteiger partial charge < -0.3 is 18.8 Å². The van der Waals surface area contributed by atoms with Crippen LogP contribution in [0.4, 0.5) is 5.69 Å². The summed E-state index contributed by atoms with van der Waals surface area (Å²) in [4.78, 5) is 20.0. The van der Waals surface area contributed by atoms with Gasteiger partial charge in [0.2, 0.25) is 5.78 Å². The Labute approximate surface area is 181 Å². The van der Waals surface area contributed by atoms with Crippen molar-refractivity contribution in [2.75, 3.05) is 33.4 Å². The highest BCUT2D eigenvalue weighted by molar-refractivity contribution is 6.56. The van der Waals surface area contributed by atoms with E-state index in [0.717, 1.165) is 18.7 Å². The number of Topliss-reactive ketones (excluding diaryl/α,β-unsaturated/α-hetero) is 1. The molecule has 1 fully saturated rings. The van der Waals surface area contributed by atoms with Gasteiger partial charge >= 0.3 is 0 Å². The molecule has 2 aliphatic heterocycles. The standard InChI is InChI=1S/C23H27ClN2O4/c1-14-11-16(15(2)30-14)22-23(27)21(24)17-12-19(28-3)20(13-18(17)25-22)29-10-6-9-26-7-4-5-8-26/h11-13,21H,4-10H2,1-3H3. The summed E-state index contributed by atoms with van der Waals surface area (Å²) in [5.74, 6) is 2.31. The quantitative estimate of drug-likeness (QED) is 0.468. The molecule has 0 radical (unpaired) electrons. The fourth-order valence-electron chi connectivity index (χ4n) is 4.11. The lowest BCUT2D eigenvalue weighted by molar-refractivity contribution is -0.112. The van der Waals surface area contributed by atoms with E-state index in [9.17, 15) is 4.79 Å². The lowest BCUT2D eigenvalue weighted by atomic mass is 9.95. The van der Waals surface area contributed by atoms with Crippen molar-refractivity contribution < 1.29 is 18.7 Å². The van der Waals surface area contributed by atoms with Gasteiger partial charge in [-0.3, -0.25) is 4.79 Å². The zero-order chi connectivity index (χ0) is 21.3. The van der Waals surface area contributed by atoms with E-state index < -0.39 is 5.38 Å². The number of halogens is 1. The minimum absolute atomic E-state index is 0.241. The van der Waals surface area contributed by atoms with E-state index in [-0.39, 0.29) is 5.78 Å². The summed E-state index contributed by atoms with van der Waals surface area (Å²) in [6, 6.07) is 5.39. The molecule has 30 heavy (non-hydrogen) atoms. The van der Waals surface area contributed by atoms with E-state index in [1.807, 2.05) is 26.0 Å². The monoisotopic (exact) mass is 430 g/mol. The van der Waals surface area contributed by atoms with E-state index >= 15 is 0 Å². The number of methoxy groups -OCH3 is 1. The van der Waals surface area contributed by atoms with Crippen molar-refractivity contribution >= 4 is 28.8 Å². The Morgan fingerprint density at radius 3 is 2.63 bits per heavy atom. The highest BCUT2D eigenvalue weighted by atomic mass is 35.5. The second kappa shape index (κ2) is 8.82. The SMILES string of the molecule is COc1cc2c(cc1OCCCN1CCCC1)N=C(c1cc(C)oc1C)C(=O)C2Cl. The van der Waals surface area contributed by atoms with E-state index in [1.165, 1.54) is 25.9 Å². The fraction of sp³-hybridized carbons (Fsp3) is 0.478. The minimum Gasteiger partial charge on any atom is -0.493 e. The zero-order valence-corrected chi connectivity index (χ0v) is 18.4. The summed E-state index contributed by atoms with van der Waals surface area (Å²) in [7, 11) is 1.58. The smallest absolute Gasteiger partial charge is 0.204 e. The third-order valence-corrected chi connectivity index (χ3v) is 6.09. The number of alkyl halides is 1. The first kappa shape index (κ1) is 20.9. The first-order valence-corrected chi connectivity index (χ1v) is 10.8. The number of ketones is 1. The van der Waals surface area contributed by atoms with Crippen molar-refractivity contribution in [3.05, 3.63) is 40.8 Å². The summed E-state index contributed by atoms with van der Waals surface area (Å²) < 4.78 is 17.1. The number of nitrogens with zero attached hydrogens (tertiary/aromatic N) is 2. The van der Waals surface area contributed by atoms with Gasteiger partial charge in [0.25, 0.3) is 0 Å². The van der Waals surface area contributed by atoms with Crippen molar-refractivity contribution in [3.63, 3.8) is 0 Å². The zero-order valence-electron chi connectivity index (χ0n) is 17.7. The Hall–Kier alpha value is -2.31. The van der Waals surface area contributed by atoms with Crippen LogP contribution in [0.1, 0.15) is 47.3 Å². The predicted molar refractivity (Wildman–Crippen MR) is 117 cm³/mol. The van der Waals surface area contributed by atoms with Gasteiger partial charge in [0, 0.05) is 23.7 Å². The molecule has 2 aromatic rings. The van der Waals surface area contributed by atoms with Crippen LogP contribution in [0.5, 0.6) is 11.5 Å². The number of carbonyl (C=O) groups excluding carboxylic acids is 1. The molecule has 0 spiro atoms. The predicted octanol–water partition coefficient (Wildman–Crippen LogP) is 4.75. The number of aryl methyl sites for hydroxylation is 2. The van der Waals surface area contributed by atoms with Crippen LogP contribution in [0.25, 0.3) is 0 Å². The third-order valence-electron chi connectivity index (χ3n) is 5.65. The number of furan rings is 1. The molecule has 2 aliphatic rings. The van der Waals surface area contributed by atoms with Gasteiger partial charge in [-0.2, -0.15) is 0 Å². The number of carbonyl (C=O) groups is 1. The molecule has 1 atom stereocenters. The molecule has 1 saturated heterocycles. The number of likely N-dealkylation sites (tertiary alicyclic amines) is 1. The summed E-state index contributed by atoms with van der Waals surface area (Å²) in [6.45, 7) is 7.64. The van der Waals surface area contributed by atoms with Gasteiger partial charge in [-0.1, -0.05) is 0 Å². The van der Waals surface area contributed by atoms with Crippen molar-refractivity contribution in [1.82, 2.24) is 4.90 Å². The van der Waals surface area contributed by atoms with Gasteiger partial charge in [-0.05, 0) is 58.3 Å². The van der Waals surface area contributed by atoms with Crippen LogP contribution in [-0.4, -0.2) is 49.7 Å². The molecule has 6 nitrogen and oxygen atoms in total. The summed E-state index contributed by atoms with van der Waals surface area (Å²) >= 11 is 6.52. The van der Waals surface area contributed by atoms with E-state index in [0.29, 0.717) is 46.4 Å². The molecule has 0 bridgehead atoms. The van der Waals surface area contributed by atoms with Crippen molar-refractivity contribution in [2.24, 2.45) is 4.99 Å². The summed E-state index contributed by atoms with van der Waals surface area (Å²) in [6.07, 6.45) is 3.51. The maximum absolute atomic E-state index is 12.9. The fourth-order valence-corrected chi connectivity index (χ4v) is 4.39. The Morgan fingerprint density at radius 1 is 1.20 bits per heavy atom. The molecule has 160 valence electrons. The molecular weight excluding hydrogens is 404 g/mol. The Balaban J connectivity index is 1.58. The molecule has 0 saturated carbocycles. The molecular formula is C23H27ClN2O4. The molecule has 1 unspecified atom stereocenters. The average Bonchev–Trinajstić information content (AvgIpc) is 3.36. The van der Waals surface area contributed by atoms with Crippen LogP contribution < -0.4 is 9.47 Å². The molecule has 0 N–H and O–H groups in total. The Bertz CT molecular complexity index is 976. The van der Waals surface area contributed by atoms with Gasteiger partial charge in [-0.25, -0.2) is 4.99 Å². The number of hydrogen-bond donors (Lipinski definition) is 0. The normalized spacial score (nSPS) is 19.0. The first-order valence-electron chi connectivity index (χ1n) is 10.4. The van der Waals surface area contributed by atoms with E-state index in [2.05, 4.69) is 9.89 Å². The lowest BCUT2D eigenvalue weighted by Gasteiger charge is -2.21. The van der Waals surface area contributed by atoms with Crippen LogP contribution >= 0.6 is 11.6 Å². The number of ether oxygens (including phenoxy) is 2. The number of aliphatic imine (C=N–C) groups is 1. The van der Waals surface area contributed by atoms with Gasteiger partial charge in [-0.15, -0.1) is 11.6 Å². The molecule has 4 rings (SSSR count). The van der Waals surface area contributed by atoms with Gasteiger partial charge in [0.1, 0.15) is 22.6 Å². The summed E-state index contributed by atoms with van der Waals surface area (Å²) in [5, 5.41) is -0.833. The molecule has 0 amide bonds. The number of benzene rings is 1. The minimum atomic E-state index is -0.833. The van der Waals surface area contributed by atoms with E-state index in [1.54, 1.807) is 13.2 Å². The molecule has 7 heteroatoms. The maximum Gasteiger partial charge on any atom is 0.204 e. The molecule has 1 aromatic carbocycles. The van der Waals surface area contributed by atoms with Crippen LogP contribution in [0.15, 0.2) is 27.6 Å².